The predicted molar refractivity (Wildman–Crippen MR) is 91.7 cm³/mol. The first kappa shape index (κ1) is 18.5. The van der Waals surface area contributed by atoms with Crippen molar-refractivity contribution in [2.45, 2.75) is 46.0 Å². The van der Waals surface area contributed by atoms with E-state index in [-0.39, 0.29) is 11.0 Å². The molecular weight excluding hydrogens is 295 g/mol. The van der Waals surface area contributed by atoms with Gasteiger partial charge in [0.1, 0.15) is 13.7 Å². The summed E-state index contributed by atoms with van der Waals surface area (Å²) < 4.78 is 5.32. The second kappa shape index (κ2) is 6.69. The van der Waals surface area contributed by atoms with Crippen LogP contribution in [0.1, 0.15) is 36.7 Å². The van der Waals surface area contributed by atoms with Gasteiger partial charge in [-0.3, -0.25) is 0 Å². The van der Waals surface area contributed by atoms with Crippen LogP contribution in [0.4, 0.5) is 0 Å². The summed E-state index contributed by atoms with van der Waals surface area (Å²) in [6.45, 7) is 11.7. The lowest BCUT2D eigenvalue weighted by atomic mass is 9.78. The fourth-order valence-electron chi connectivity index (χ4n) is 1.59. The van der Waals surface area contributed by atoms with Crippen molar-refractivity contribution in [2.24, 2.45) is 0 Å². The molecule has 0 radical (unpaired) electrons. The van der Waals surface area contributed by atoms with Crippen molar-refractivity contribution in [3.8, 4) is 11.5 Å². The van der Waals surface area contributed by atoms with Gasteiger partial charge in [0.05, 0.1) is 5.56 Å². The molecule has 0 bridgehead atoms. The lowest BCUT2D eigenvalue weighted by Crippen LogP contribution is -2.32. The Morgan fingerprint density at radius 1 is 1.18 bits per heavy atom. The third-order valence-electron chi connectivity index (χ3n) is 2.47. The molecule has 0 fully saturated rings. The van der Waals surface area contributed by atoms with E-state index >= 15 is 0 Å². The maximum atomic E-state index is 12.2. The smallest absolute Gasteiger partial charge is 0.456 e. The molecule has 0 heterocycles. The van der Waals surface area contributed by atoms with Gasteiger partial charge in [0.25, 0.3) is 0 Å². The Hall–Kier alpha value is -1.55. The second-order valence-electron chi connectivity index (χ2n) is 7.22. The Labute approximate surface area is 133 Å². The van der Waals surface area contributed by atoms with E-state index < -0.39 is 26.8 Å². The SMILES string of the molecule is CC(C)(C)OC(=O)c1cc(C#C[Si](C)(C)C)cc(B(O)O)c1. The lowest BCUT2D eigenvalue weighted by Gasteiger charge is -2.19. The molecule has 0 aliphatic rings. The van der Waals surface area contributed by atoms with E-state index in [4.69, 9.17) is 4.74 Å². The Morgan fingerprint density at radius 3 is 2.23 bits per heavy atom. The molecule has 0 saturated heterocycles. The molecule has 0 spiro atoms. The molecule has 0 saturated carbocycles. The number of rotatable bonds is 2. The van der Waals surface area contributed by atoms with Gasteiger partial charge in [-0.15, -0.1) is 5.54 Å². The van der Waals surface area contributed by atoms with Crippen molar-refractivity contribution in [3.05, 3.63) is 29.3 Å². The minimum Gasteiger partial charge on any atom is -0.456 e. The summed E-state index contributed by atoms with van der Waals surface area (Å²) in [5.74, 6) is 2.51. The number of esters is 1. The fourth-order valence-corrected chi connectivity index (χ4v) is 2.11. The van der Waals surface area contributed by atoms with Crippen LogP contribution in [-0.4, -0.2) is 36.8 Å². The van der Waals surface area contributed by atoms with Gasteiger partial charge in [-0.1, -0.05) is 25.6 Å². The molecule has 0 amide bonds. The molecule has 1 aromatic rings. The molecule has 0 unspecified atom stereocenters. The molecule has 6 heteroatoms. The zero-order valence-electron chi connectivity index (χ0n) is 14.0. The van der Waals surface area contributed by atoms with Crippen molar-refractivity contribution in [1.82, 2.24) is 0 Å². The minimum atomic E-state index is -1.66. The molecule has 0 aliphatic carbocycles. The lowest BCUT2D eigenvalue weighted by molar-refractivity contribution is 0.00696. The molecule has 118 valence electrons. The van der Waals surface area contributed by atoms with Crippen LogP contribution in [0.15, 0.2) is 18.2 Å². The standard InChI is InChI=1S/C16H23BO4Si/c1-16(2,3)21-15(18)13-9-12(7-8-22(4,5)6)10-14(11-13)17(19)20/h9-11,19-20H,1-6H3. The van der Waals surface area contributed by atoms with Crippen LogP contribution in [0.2, 0.25) is 19.6 Å². The topological polar surface area (TPSA) is 66.8 Å². The maximum Gasteiger partial charge on any atom is 0.488 e. The molecule has 1 aromatic carbocycles. The van der Waals surface area contributed by atoms with Gasteiger partial charge in [0.15, 0.2) is 0 Å². The number of carbonyl (C=O) groups is 1. The highest BCUT2D eigenvalue weighted by molar-refractivity contribution is 6.83. The molecule has 22 heavy (non-hydrogen) atoms. The average molecular weight is 318 g/mol. The highest BCUT2D eigenvalue weighted by Crippen LogP contribution is 2.13. The van der Waals surface area contributed by atoms with Crippen LogP contribution in [0.25, 0.3) is 0 Å². The molecule has 0 aliphatic heterocycles. The highest BCUT2D eigenvalue weighted by Gasteiger charge is 2.21. The summed E-state index contributed by atoms with van der Waals surface area (Å²) >= 11 is 0. The number of benzene rings is 1. The Bertz CT molecular complexity index is 616. The van der Waals surface area contributed by atoms with Crippen LogP contribution >= 0.6 is 0 Å². The van der Waals surface area contributed by atoms with Gasteiger partial charge in [-0.05, 0) is 44.4 Å². The third kappa shape index (κ3) is 6.48. The second-order valence-corrected chi connectivity index (χ2v) is 12.0. The maximum absolute atomic E-state index is 12.2. The van der Waals surface area contributed by atoms with E-state index in [1.165, 1.54) is 6.07 Å². The Balaban J connectivity index is 3.25. The Kier molecular flexibility index (Phi) is 5.63. The highest BCUT2D eigenvalue weighted by atomic mass is 28.3. The zero-order chi connectivity index (χ0) is 17.1. The van der Waals surface area contributed by atoms with Gasteiger partial charge in [-0.2, -0.15) is 0 Å². The first-order chi connectivity index (χ1) is 9.87. The van der Waals surface area contributed by atoms with Gasteiger partial charge in [0, 0.05) is 5.56 Å². The normalized spacial score (nSPS) is 11.5. The minimum absolute atomic E-state index is 0.225. The zero-order valence-corrected chi connectivity index (χ0v) is 15.0. The van der Waals surface area contributed by atoms with Gasteiger partial charge in [-0.25, -0.2) is 4.79 Å². The van der Waals surface area contributed by atoms with E-state index in [1.807, 2.05) is 0 Å². The number of ether oxygens (including phenoxy) is 1. The van der Waals surface area contributed by atoms with Crippen molar-refractivity contribution in [3.63, 3.8) is 0 Å². The third-order valence-corrected chi connectivity index (χ3v) is 3.34. The van der Waals surface area contributed by atoms with Crippen LogP contribution in [0.3, 0.4) is 0 Å². The van der Waals surface area contributed by atoms with Crippen molar-refractivity contribution >= 4 is 26.6 Å². The molecule has 4 nitrogen and oxygen atoms in total. The first-order valence-corrected chi connectivity index (χ1v) is 10.6. The largest absolute Gasteiger partial charge is 0.488 e. The summed E-state index contributed by atoms with van der Waals surface area (Å²) in [4.78, 5) is 12.2. The van der Waals surface area contributed by atoms with E-state index in [0.717, 1.165) is 0 Å². The van der Waals surface area contributed by atoms with E-state index in [0.29, 0.717) is 5.56 Å². The van der Waals surface area contributed by atoms with Crippen LogP contribution in [-0.2, 0) is 4.74 Å². The monoisotopic (exact) mass is 318 g/mol. The number of hydrogen-bond acceptors (Lipinski definition) is 4. The quantitative estimate of drug-likeness (QED) is 0.493. The van der Waals surface area contributed by atoms with Crippen LogP contribution < -0.4 is 5.46 Å². The van der Waals surface area contributed by atoms with Crippen molar-refractivity contribution in [2.75, 3.05) is 0 Å². The first-order valence-electron chi connectivity index (χ1n) is 7.15. The predicted octanol–water partition coefficient (Wildman–Crippen LogP) is 1.55. The van der Waals surface area contributed by atoms with E-state index in [1.54, 1.807) is 32.9 Å². The summed E-state index contributed by atoms with van der Waals surface area (Å²) in [7, 11) is -3.23. The molecule has 0 atom stereocenters. The van der Waals surface area contributed by atoms with Crippen molar-refractivity contribution in [1.29, 1.82) is 0 Å². The van der Waals surface area contributed by atoms with Gasteiger partial charge >= 0.3 is 13.1 Å². The molecular formula is C16H23BO4Si. The number of hydrogen-bond donors (Lipinski definition) is 2. The Morgan fingerprint density at radius 2 is 1.77 bits per heavy atom. The van der Waals surface area contributed by atoms with Gasteiger partial charge in [0.2, 0.25) is 0 Å². The summed E-state index contributed by atoms with van der Waals surface area (Å²) in [6, 6.07) is 4.61. The molecule has 1 rings (SSSR count). The van der Waals surface area contributed by atoms with Gasteiger partial charge < -0.3 is 14.8 Å². The van der Waals surface area contributed by atoms with Crippen LogP contribution in [0.5, 0.6) is 0 Å². The summed E-state index contributed by atoms with van der Waals surface area (Å²) in [5, 5.41) is 18.8. The molecule has 2 N–H and O–H groups in total. The fraction of sp³-hybridized carbons (Fsp3) is 0.438. The van der Waals surface area contributed by atoms with E-state index in [9.17, 15) is 14.8 Å². The summed E-state index contributed by atoms with van der Waals surface area (Å²) in [5.41, 5.74) is 3.64. The van der Waals surface area contributed by atoms with Crippen LogP contribution in [0, 0.1) is 11.5 Å². The van der Waals surface area contributed by atoms with E-state index in [2.05, 4.69) is 31.1 Å². The summed E-state index contributed by atoms with van der Waals surface area (Å²) in [6.07, 6.45) is 0. The average Bonchev–Trinajstić information content (AvgIpc) is 2.33. The number of carbonyl (C=O) groups excluding carboxylic acids is 1. The molecule has 0 aromatic heterocycles. The van der Waals surface area contributed by atoms with Crippen molar-refractivity contribution < 1.29 is 19.6 Å².